The predicted molar refractivity (Wildman–Crippen MR) is 109 cm³/mol. The number of piperidine rings is 1. The van der Waals surface area contributed by atoms with Gasteiger partial charge in [-0.15, -0.1) is 0 Å². The van der Waals surface area contributed by atoms with Crippen molar-refractivity contribution in [1.82, 2.24) is 4.31 Å². The first-order chi connectivity index (χ1) is 13.2. The van der Waals surface area contributed by atoms with E-state index in [1.807, 2.05) is 13.0 Å². The van der Waals surface area contributed by atoms with Crippen molar-refractivity contribution < 1.29 is 23.4 Å². The van der Waals surface area contributed by atoms with E-state index in [0.29, 0.717) is 44.6 Å². The molecule has 0 amide bonds. The second kappa shape index (κ2) is 9.82. The van der Waals surface area contributed by atoms with E-state index in [-0.39, 0.29) is 13.2 Å². The summed E-state index contributed by atoms with van der Waals surface area (Å²) in [5.74, 6) is 0.625. The standard InChI is InChI=1S/C19H31N3O5S/c1-15-12-18(27-10-4-17(24)13-23)3-2-16(15)5-11-28(25,26)22-8-6-19(21,14-20)7-9-22/h2-3,5,11-12,17,23-24H,4,6-10,13-14,20-21H2,1H3/b11-5+. The summed E-state index contributed by atoms with van der Waals surface area (Å²) in [5.41, 5.74) is 13.0. The smallest absolute Gasteiger partial charge is 0.236 e. The van der Waals surface area contributed by atoms with Crippen molar-refractivity contribution in [3.05, 3.63) is 34.7 Å². The van der Waals surface area contributed by atoms with Gasteiger partial charge in [0, 0.05) is 37.0 Å². The number of hydrogen-bond acceptors (Lipinski definition) is 7. The van der Waals surface area contributed by atoms with E-state index in [1.54, 1.807) is 18.2 Å². The number of nitrogens with zero attached hydrogens (tertiary/aromatic N) is 1. The van der Waals surface area contributed by atoms with Gasteiger partial charge < -0.3 is 26.4 Å². The molecular weight excluding hydrogens is 382 g/mol. The van der Waals surface area contributed by atoms with Crippen LogP contribution >= 0.6 is 0 Å². The molecule has 1 aromatic carbocycles. The fraction of sp³-hybridized carbons (Fsp3) is 0.579. The van der Waals surface area contributed by atoms with E-state index in [0.717, 1.165) is 11.1 Å². The van der Waals surface area contributed by atoms with Crippen LogP contribution in [0.3, 0.4) is 0 Å². The summed E-state index contributed by atoms with van der Waals surface area (Å²) in [6, 6.07) is 5.34. The summed E-state index contributed by atoms with van der Waals surface area (Å²) in [5, 5.41) is 19.3. The summed E-state index contributed by atoms with van der Waals surface area (Å²) in [6.07, 6.45) is 2.22. The highest BCUT2D eigenvalue weighted by molar-refractivity contribution is 7.92. The molecule has 6 N–H and O–H groups in total. The highest BCUT2D eigenvalue weighted by Gasteiger charge is 2.33. The molecule has 0 bridgehead atoms. The van der Waals surface area contributed by atoms with Crippen LogP contribution in [-0.2, 0) is 10.0 Å². The summed E-state index contributed by atoms with van der Waals surface area (Å²) in [4.78, 5) is 0. The van der Waals surface area contributed by atoms with Crippen molar-refractivity contribution in [3.63, 3.8) is 0 Å². The number of benzene rings is 1. The van der Waals surface area contributed by atoms with Crippen molar-refractivity contribution in [2.75, 3.05) is 32.8 Å². The van der Waals surface area contributed by atoms with Crippen LogP contribution in [-0.4, -0.2) is 67.4 Å². The summed E-state index contributed by atoms with van der Waals surface area (Å²) in [6.45, 7) is 2.94. The molecule has 1 heterocycles. The number of aryl methyl sites for hydroxylation is 1. The number of sulfonamides is 1. The summed E-state index contributed by atoms with van der Waals surface area (Å²) >= 11 is 0. The minimum absolute atomic E-state index is 0.283. The molecule has 0 spiro atoms. The van der Waals surface area contributed by atoms with Gasteiger partial charge in [-0.3, -0.25) is 0 Å². The lowest BCUT2D eigenvalue weighted by Gasteiger charge is -2.37. The molecule has 2 rings (SSSR count). The molecule has 158 valence electrons. The molecule has 8 nitrogen and oxygen atoms in total. The van der Waals surface area contributed by atoms with Gasteiger partial charge in [0.15, 0.2) is 0 Å². The maximum atomic E-state index is 12.6. The first-order valence-corrected chi connectivity index (χ1v) is 10.9. The third-order valence-corrected chi connectivity index (χ3v) is 6.64. The van der Waals surface area contributed by atoms with Crippen LogP contribution in [0.2, 0.25) is 0 Å². The van der Waals surface area contributed by atoms with Crippen molar-refractivity contribution in [1.29, 1.82) is 0 Å². The topological polar surface area (TPSA) is 139 Å². The Morgan fingerprint density at radius 2 is 2.04 bits per heavy atom. The van der Waals surface area contributed by atoms with Gasteiger partial charge in [0.1, 0.15) is 5.75 Å². The third-order valence-electron chi connectivity index (χ3n) is 5.08. The Morgan fingerprint density at radius 3 is 2.61 bits per heavy atom. The van der Waals surface area contributed by atoms with Crippen LogP contribution in [0.1, 0.15) is 30.4 Å². The zero-order chi connectivity index (χ0) is 20.8. The van der Waals surface area contributed by atoms with E-state index >= 15 is 0 Å². The van der Waals surface area contributed by atoms with Crippen molar-refractivity contribution >= 4 is 16.1 Å². The molecule has 0 saturated carbocycles. The van der Waals surface area contributed by atoms with Gasteiger partial charge in [0.2, 0.25) is 10.0 Å². The van der Waals surface area contributed by atoms with Crippen molar-refractivity contribution in [2.24, 2.45) is 11.5 Å². The first kappa shape index (κ1) is 22.8. The second-order valence-electron chi connectivity index (χ2n) is 7.31. The molecule has 1 aliphatic rings. The Balaban J connectivity index is 1.97. The molecule has 1 aliphatic heterocycles. The molecule has 0 radical (unpaired) electrons. The van der Waals surface area contributed by atoms with Crippen LogP contribution < -0.4 is 16.2 Å². The predicted octanol–water partition coefficient (Wildman–Crippen LogP) is 0.170. The molecule has 0 aromatic heterocycles. The average Bonchev–Trinajstić information content (AvgIpc) is 2.67. The van der Waals surface area contributed by atoms with Crippen LogP contribution in [0.25, 0.3) is 6.08 Å². The lowest BCUT2D eigenvalue weighted by atomic mass is 9.90. The third kappa shape index (κ3) is 6.26. The largest absolute Gasteiger partial charge is 0.493 e. The zero-order valence-corrected chi connectivity index (χ0v) is 17.1. The second-order valence-corrected chi connectivity index (χ2v) is 9.12. The lowest BCUT2D eigenvalue weighted by molar-refractivity contribution is 0.0754. The maximum absolute atomic E-state index is 12.6. The van der Waals surface area contributed by atoms with Crippen LogP contribution in [0.5, 0.6) is 5.75 Å². The quantitative estimate of drug-likeness (QED) is 0.452. The van der Waals surface area contributed by atoms with Gasteiger partial charge in [-0.2, -0.15) is 4.31 Å². The number of aliphatic hydroxyl groups excluding tert-OH is 2. The molecular formula is C19H31N3O5S. The first-order valence-electron chi connectivity index (χ1n) is 9.39. The number of rotatable bonds is 9. The van der Waals surface area contributed by atoms with Gasteiger partial charge >= 0.3 is 0 Å². The van der Waals surface area contributed by atoms with E-state index in [1.165, 1.54) is 9.71 Å². The highest BCUT2D eigenvalue weighted by atomic mass is 32.2. The minimum Gasteiger partial charge on any atom is -0.493 e. The Hall–Kier alpha value is -1.49. The van der Waals surface area contributed by atoms with E-state index < -0.39 is 21.7 Å². The number of nitrogens with two attached hydrogens (primary N) is 2. The Labute approximate surface area is 166 Å². The molecule has 1 atom stereocenters. The van der Waals surface area contributed by atoms with Gasteiger partial charge in [0.25, 0.3) is 0 Å². The van der Waals surface area contributed by atoms with Gasteiger partial charge in [-0.1, -0.05) is 6.07 Å². The molecule has 1 unspecified atom stereocenters. The number of hydrogen-bond donors (Lipinski definition) is 4. The van der Waals surface area contributed by atoms with Crippen LogP contribution in [0, 0.1) is 6.92 Å². The Morgan fingerprint density at radius 1 is 1.36 bits per heavy atom. The Bertz CT molecular complexity index is 774. The SMILES string of the molecule is Cc1cc(OCCC(O)CO)ccc1/C=C/S(=O)(=O)N1CCC(N)(CN)CC1. The maximum Gasteiger partial charge on any atom is 0.236 e. The molecule has 1 fully saturated rings. The lowest BCUT2D eigenvalue weighted by Crippen LogP contribution is -2.55. The molecule has 1 saturated heterocycles. The number of aliphatic hydroxyl groups is 2. The van der Waals surface area contributed by atoms with Crippen LogP contribution in [0.15, 0.2) is 23.6 Å². The van der Waals surface area contributed by atoms with E-state index in [9.17, 15) is 13.5 Å². The fourth-order valence-electron chi connectivity index (χ4n) is 2.96. The van der Waals surface area contributed by atoms with E-state index in [2.05, 4.69) is 0 Å². The molecule has 9 heteroatoms. The van der Waals surface area contributed by atoms with Gasteiger partial charge in [-0.05, 0) is 49.1 Å². The number of ether oxygens (including phenoxy) is 1. The zero-order valence-electron chi connectivity index (χ0n) is 16.3. The average molecular weight is 414 g/mol. The van der Waals surface area contributed by atoms with Gasteiger partial charge in [0.05, 0.1) is 19.3 Å². The summed E-state index contributed by atoms with van der Waals surface area (Å²) < 4.78 is 32.1. The highest BCUT2D eigenvalue weighted by Crippen LogP contribution is 2.23. The summed E-state index contributed by atoms with van der Waals surface area (Å²) in [7, 11) is -3.52. The normalized spacial score (nSPS) is 19.0. The van der Waals surface area contributed by atoms with Gasteiger partial charge in [-0.25, -0.2) is 8.42 Å². The van der Waals surface area contributed by atoms with Crippen LogP contribution in [0.4, 0.5) is 0 Å². The molecule has 1 aromatic rings. The molecule has 0 aliphatic carbocycles. The van der Waals surface area contributed by atoms with E-state index in [4.69, 9.17) is 21.3 Å². The Kier molecular flexibility index (Phi) is 7.99. The monoisotopic (exact) mass is 413 g/mol. The van der Waals surface area contributed by atoms with Crippen molar-refractivity contribution in [3.8, 4) is 5.75 Å². The molecule has 28 heavy (non-hydrogen) atoms. The fourth-order valence-corrected chi connectivity index (χ4v) is 4.15. The van der Waals surface area contributed by atoms with Crippen molar-refractivity contribution in [2.45, 2.75) is 37.8 Å². The minimum atomic E-state index is -3.52.